The van der Waals surface area contributed by atoms with E-state index < -0.39 is 0 Å². The number of benzene rings is 1. The number of nitrogens with one attached hydrogen (secondary N) is 1. The van der Waals surface area contributed by atoms with E-state index in [1.807, 2.05) is 18.2 Å². The van der Waals surface area contributed by atoms with E-state index in [9.17, 15) is 0 Å². The molecule has 0 saturated heterocycles. The van der Waals surface area contributed by atoms with E-state index in [1.54, 1.807) is 0 Å². The van der Waals surface area contributed by atoms with Gasteiger partial charge >= 0.3 is 0 Å². The zero-order valence-corrected chi connectivity index (χ0v) is 10.8. The van der Waals surface area contributed by atoms with E-state index in [0.29, 0.717) is 18.3 Å². The average Bonchev–Trinajstić information content (AvgIpc) is 2.76. The fourth-order valence-electron chi connectivity index (χ4n) is 1.74. The first kappa shape index (κ1) is 12.5. The van der Waals surface area contributed by atoms with Gasteiger partial charge in [-0.05, 0) is 23.6 Å². The predicted octanol–water partition coefficient (Wildman–Crippen LogP) is 2.74. The molecule has 0 aliphatic rings. The van der Waals surface area contributed by atoms with E-state index in [-0.39, 0.29) is 0 Å². The number of nitrogens with zero attached hydrogens (tertiary/aromatic N) is 1. The lowest BCUT2D eigenvalue weighted by molar-refractivity contribution is 0.320. The van der Waals surface area contributed by atoms with Gasteiger partial charge in [-0.1, -0.05) is 26.0 Å². The van der Waals surface area contributed by atoms with Crippen molar-refractivity contribution in [2.75, 3.05) is 12.3 Å². The number of ether oxygens (including phenoxy) is 1. The summed E-state index contributed by atoms with van der Waals surface area (Å²) in [5.41, 5.74) is 7.84. The summed E-state index contributed by atoms with van der Waals surface area (Å²) in [6, 6.07) is 10.1. The molecule has 0 aliphatic carbocycles. The standard InChI is InChI=1S/C14H19N3O/c1-10(2)11-3-5-13(6-4-11)18-8-7-12-9-14(15)17-16-12/h3-6,9-10H,7-8H2,1-2H3,(H3,15,16,17). The number of aromatic nitrogens is 2. The van der Waals surface area contributed by atoms with Crippen LogP contribution in [0, 0.1) is 0 Å². The third kappa shape index (κ3) is 3.26. The maximum atomic E-state index is 5.67. The highest BCUT2D eigenvalue weighted by Crippen LogP contribution is 2.18. The molecule has 0 fully saturated rings. The molecule has 18 heavy (non-hydrogen) atoms. The summed E-state index contributed by atoms with van der Waals surface area (Å²) in [4.78, 5) is 0. The molecule has 4 nitrogen and oxygen atoms in total. The van der Waals surface area contributed by atoms with Gasteiger partial charge in [0.25, 0.3) is 0 Å². The molecule has 1 aromatic carbocycles. The van der Waals surface area contributed by atoms with Crippen molar-refractivity contribution in [2.24, 2.45) is 0 Å². The summed E-state index contributed by atoms with van der Waals surface area (Å²) in [7, 11) is 0. The summed E-state index contributed by atoms with van der Waals surface area (Å²) in [6.07, 6.45) is 0.774. The highest BCUT2D eigenvalue weighted by atomic mass is 16.5. The average molecular weight is 245 g/mol. The largest absolute Gasteiger partial charge is 0.493 e. The van der Waals surface area contributed by atoms with Gasteiger partial charge in [0, 0.05) is 18.2 Å². The maximum Gasteiger partial charge on any atom is 0.145 e. The third-order valence-corrected chi connectivity index (χ3v) is 2.84. The van der Waals surface area contributed by atoms with Crippen molar-refractivity contribution in [3.8, 4) is 5.75 Å². The Kier molecular flexibility index (Phi) is 3.87. The Hall–Kier alpha value is -1.97. The first-order valence-corrected chi connectivity index (χ1v) is 6.17. The van der Waals surface area contributed by atoms with Gasteiger partial charge in [0.2, 0.25) is 0 Å². The molecule has 0 spiro atoms. The lowest BCUT2D eigenvalue weighted by Crippen LogP contribution is -2.01. The molecule has 2 aromatic rings. The first-order valence-electron chi connectivity index (χ1n) is 6.17. The molecule has 3 N–H and O–H groups in total. The second kappa shape index (κ2) is 5.58. The van der Waals surface area contributed by atoms with Crippen molar-refractivity contribution in [3.63, 3.8) is 0 Å². The van der Waals surface area contributed by atoms with Crippen molar-refractivity contribution >= 4 is 5.82 Å². The molecule has 0 bridgehead atoms. The van der Waals surface area contributed by atoms with Gasteiger partial charge in [0.15, 0.2) is 0 Å². The van der Waals surface area contributed by atoms with E-state index in [2.05, 4.69) is 36.2 Å². The van der Waals surface area contributed by atoms with Crippen molar-refractivity contribution in [2.45, 2.75) is 26.2 Å². The van der Waals surface area contributed by atoms with Crippen LogP contribution in [0.2, 0.25) is 0 Å². The Morgan fingerprint density at radius 2 is 2.00 bits per heavy atom. The van der Waals surface area contributed by atoms with Gasteiger partial charge < -0.3 is 10.5 Å². The molecule has 0 saturated carbocycles. The Bertz CT molecular complexity index is 488. The molecule has 2 rings (SSSR count). The van der Waals surface area contributed by atoms with Crippen LogP contribution in [0.15, 0.2) is 30.3 Å². The number of hydrogen-bond acceptors (Lipinski definition) is 3. The van der Waals surface area contributed by atoms with Crippen LogP contribution in [0.1, 0.15) is 31.0 Å². The van der Waals surface area contributed by atoms with Crippen molar-refractivity contribution in [1.82, 2.24) is 10.2 Å². The Labute approximate surface area is 107 Å². The lowest BCUT2D eigenvalue weighted by atomic mass is 10.0. The number of nitrogen functional groups attached to an aromatic ring is 1. The minimum absolute atomic E-state index is 0.520. The summed E-state index contributed by atoms with van der Waals surface area (Å²) < 4.78 is 5.67. The Morgan fingerprint density at radius 1 is 1.28 bits per heavy atom. The summed E-state index contributed by atoms with van der Waals surface area (Å²) in [5.74, 6) is 1.96. The fourth-order valence-corrected chi connectivity index (χ4v) is 1.74. The Morgan fingerprint density at radius 3 is 2.56 bits per heavy atom. The molecule has 4 heteroatoms. The zero-order chi connectivity index (χ0) is 13.0. The van der Waals surface area contributed by atoms with Crippen LogP contribution >= 0.6 is 0 Å². The van der Waals surface area contributed by atoms with Gasteiger partial charge in [0.05, 0.1) is 6.61 Å². The van der Waals surface area contributed by atoms with E-state index >= 15 is 0 Å². The quantitative estimate of drug-likeness (QED) is 0.851. The second-order valence-electron chi connectivity index (χ2n) is 4.64. The van der Waals surface area contributed by atoms with Crippen LogP contribution in [-0.4, -0.2) is 16.8 Å². The molecule has 1 aromatic heterocycles. The highest BCUT2D eigenvalue weighted by molar-refractivity contribution is 5.30. The maximum absolute atomic E-state index is 5.67. The third-order valence-electron chi connectivity index (χ3n) is 2.84. The number of hydrogen-bond donors (Lipinski definition) is 2. The van der Waals surface area contributed by atoms with Crippen LogP contribution in [-0.2, 0) is 6.42 Å². The smallest absolute Gasteiger partial charge is 0.145 e. The minimum atomic E-state index is 0.520. The minimum Gasteiger partial charge on any atom is -0.493 e. The number of anilines is 1. The summed E-state index contributed by atoms with van der Waals surface area (Å²) >= 11 is 0. The number of aromatic amines is 1. The summed E-state index contributed by atoms with van der Waals surface area (Å²) in [6.45, 7) is 4.97. The monoisotopic (exact) mass is 245 g/mol. The fraction of sp³-hybridized carbons (Fsp3) is 0.357. The van der Waals surface area contributed by atoms with Crippen LogP contribution in [0.4, 0.5) is 5.82 Å². The molecular formula is C14H19N3O. The van der Waals surface area contributed by atoms with Crippen LogP contribution in [0.5, 0.6) is 5.75 Å². The predicted molar refractivity (Wildman–Crippen MR) is 72.7 cm³/mol. The number of rotatable bonds is 5. The van der Waals surface area contributed by atoms with E-state index in [4.69, 9.17) is 10.5 Å². The molecule has 1 heterocycles. The number of nitrogens with two attached hydrogens (primary N) is 1. The molecule has 0 unspecified atom stereocenters. The lowest BCUT2D eigenvalue weighted by Gasteiger charge is -2.08. The first-order chi connectivity index (χ1) is 8.65. The SMILES string of the molecule is CC(C)c1ccc(OCCc2cc(N)n[nH]2)cc1. The molecule has 0 aliphatic heterocycles. The van der Waals surface area contributed by atoms with Crippen LogP contribution in [0.3, 0.4) is 0 Å². The normalized spacial score (nSPS) is 10.8. The molecule has 0 atom stereocenters. The van der Waals surface area contributed by atoms with Gasteiger partial charge in [-0.15, -0.1) is 0 Å². The summed E-state index contributed by atoms with van der Waals surface area (Å²) in [5, 5.41) is 6.73. The van der Waals surface area contributed by atoms with Crippen molar-refractivity contribution in [3.05, 3.63) is 41.6 Å². The Balaban J connectivity index is 1.83. The highest BCUT2D eigenvalue weighted by Gasteiger charge is 2.01. The topological polar surface area (TPSA) is 63.9 Å². The molecule has 0 radical (unpaired) electrons. The van der Waals surface area contributed by atoms with E-state index in [0.717, 1.165) is 17.9 Å². The van der Waals surface area contributed by atoms with Gasteiger partial charge in [0.1, 0.15) is 11.6 Å². The van der Waals surface area contributed by atoms with Crippen LogP contribution in [0.25, 0.3) is 0 Å². The molecule has 96 valence electrons. The molecular weight excluding hydrogens is 226 g/mol. The van der Waals surface area contributed by atoms with Crippen molar-refractivity contribution in [1.29, 1.82) is 0 Å². The van der Waals surface area contributed by atoms with Gasteiger partial charge in [-0.2, -0.15) is 5.10 Å². The zero-order valence-electron chi connectivity index (χ0n) is 10.8. The van der Waals surface area contributed by atoms with Gasteiger partial charge in [-0.3, -0.25) is 5.10 Å². The molecule has 0 amide bonds. The van der Waals surface area contributed by atoms with Crippen molar-refractivity contribution < 1.29 is 4.74 Å². The van der Waals surface area contributed by atoms with E-state index in [1.165, 1.54) is 5.56 Å². The second-order valence-corrected chi connectivity index (χ2v) is 4.64. The van der Waals surface area contributed by atoms with Crippen LogP contribution < -0.4 is 10.5 Å². The van der Waals surface area contributed by atoms with Gasteiger partial charge in [-0.25, -0.2) is 0 Å². The number of H-pyrrole nitrogens is 1.